The van der Waals surface area contributed by atoms with Gasteiger partial charge < -0.3 is 36.5 Å². The first-order valence-corrected chi connectivity index (χ1v) is 11.9. The van der Waals surface area contributed by atoms with Gasteiger partial charge in [-0.15, -0.1) is 0 Å². The van der Waals surface area contributed by atoms with Crippen LogP contribution in [0.25, 0.3) is 0 Å². The molecule has 0 aromatic heterocycles. The summed E-state index contributed by atoms with van der Waals surface area (Å²) in [5.41, 5.74) is 12.0. The predicted octanol–water partition coefficient (Wildman–Crippen LogP) is -0.380. The standard InChI is InChI=1S/C15H28N6O4.C9H10O/c1-18-15(25)21(8-10(9-22)19-13(23)7-16)6-5-11-3-4-12(14(17)24)20(11)2;1-2-6-9-8(4-1)5-3-7-10-9/h9-12H,3-8,16H2,1-2H3,(H2,17,24)(H,18,25)(H,19,23);1-2,4,6H,3,5,7H2. The van der Waals surface area contributed by atoms with Gasteiger partial charge in [-0.1, -0.05) is 18.2 Å². The molecular weight excluding hydrogens is 452 g/mol. The van der Waals surface area contributed by atoms with Crippen molar-refractivity contribution in [2.45, 2.75) is 50.2 Å². The Bertz CT molecular complexity index is 842. The molecule has 6 N–H and O–H groups in total. The number of nitrogens with two attached hydrogens (primary N) is 2. The van der Waals surface area contributed by atoms with E-state index in [0.717, 1.165) is 25.2 Å². The summed E-state index contributed by atoms with van der Waals surface area (Å²) in [6, 6.07) is 6.91. The zero-order chi connectivity index (χ0) is 25.8. The largest absolute Gasteiger partial charge is 0.493 e. The molecule has 1 fully saturated rings. The quantitative estimate of drug-likeness (QED) is 0.343. The molecule has 2 aliphatic heterocycles. The van der Waals surface area contributed by atoms with Gasteiger partial charge in [-0.05, 0) is 50.8 Å². The summed E-state index contributed by atoms with van der Waals surface area (Å²) in [6.45, 7) is 1.08. The number of carbonyl (C=O) groups is 4. The highest BCUT2D eigenvalue weighted by atomic mass is 16.5. The molecule has 3 unspecified atom stereocenters. The van der Waals surface area contributed by atoms with E-state index in [4.69, 9.17) is 16.2 Å². The summed E-state index contributed by atoms with van der Waals surface area (Å²) in [5, 5.41) is 4.98. The first-order valence-electron chi connectivity index (χ1n) is 11.9. The van der Waals surface area contributed by atoms with E-state index in [2.05, 4.69) is 22.8 Å². The molecule has 1 aromatic rings. The van der Waals surface area contributed by atoms with Crippen LogP contribution < -0.4 is 26.8 Å². The third-order valence-electron chi connectivity index (χ3n) is 6.34. The van der Waals surface area contributed by atoms with Crippen LogP contribution in [0.2, 0.25) is 0 Å². The lowest BCUT2D eigenvalue weighted by Gasteiger charge is -2.29. The molecule has 1 aromatic carbocycles. The number of nitrogens with zero attached hydrogens (tertiary/aromatic N) is 2. The van der Waals surface area contributed by atoms with Gasteiger partial charge in [0.1, 0.15) is 18.1 Å². The Balaban J connectivity index is 0.000000353. The molecule has 0 radical (unpaired) electrons. The fourth-order valence-electron chi connectivity index (χ4n) is 4.36. The maximum absolute atomic E-state index is 12.1. The lowest BCUT2D eigenvalue weighted by atomic mass is 10.1. The molecule has 11 nitrogen and oxygen atoms in total. The van der Waals surface area contributed by atoms with Gasteiger partial charge in [-0.3, -0.25) is 14.5 Å². The number of carbonyl (C=O) groups excluding carboxylic acids is 4. The molecular formula is C24H38N6O5. The summed E-state index contributed by atoms with van der Waals surface area (Å²) in [7, 11) is 3.33. The highest BCUT2D eigenvalue weighted by Gasteiger charge is 2.34. The molecule has 2 aliphatic rings. The summed E-state index contributed by atoms with van der Waals surface area (Å²) < 4.78 is 5.42. The molecule has 3 atom stereocenters. The minimum absolute atomic E-state index is 0.0462. The molecule has 0 spiro atoms. The number of aryl methyl sites for hydroxylation is 1. The molecule has 11 heteroatoms. The number of rotatable bonds is 9. The van der Waals surface area contributed by atoms with Crippen LogP contribution in [-0.2, 0) is 20.8 Å². The van der Waals surface area contributed by atoms with E-state index in [-0.39, 0.29) is 37.1 Å². The van der Waals surface area contributed by atoms with Crippen molar-refractivity contribution in [3.8, 4) is 5.75 Å². The summed E-state index contributed by atoms with van der Waals surface area (Å²) in [4.78, 5) is 49.3. The second kappa shape index (κ2) is 14.3. The maximum atomic E-state index is 12.1. The Morgan fingerprint density at radius 1 is 1.29 bits per heavy atom. The van der Waals surface area contributed by atoms with E-state index in [9.17, 15) is 19.2 Å². The van der Waals surface area contributed by atoms with E-state index >= 15 is 0 Å². The van der Waals surface area contributed by atoms with E-state index < -0.39 is 11.9 Å². The average molecular weight is 491 g/mol. The number of para-hydroxylation sites is 1. The number of urea groups is 1. The molecule has 2 heterocycles. The Morgan fingerprint density at radius 3 is 2.63 bits per heavy atom. The number of fused-ring (bicyclic) bond motifs is 1. The van der Waals surface area contributed by atoms with Gasteiger partial charge in [0.05, 0.1) is 19.2 Å². The Morgan fingerprint density at radius 2 is 2.03 bits per heavy atom. The second-order valence-electron chi connectivity index (χ2n) is 8.68. The van der Waals surface area contributed by atoms with Crippen LogP contribution in [0.1, 0.15) is 31.2 Å². The van der Waals surface area contributed by atoms with Crippen molar-refractivity contribution < 1.29 is 23.9 Å². The predicted molar refractivity (Wildman–Crippen MR) is 132 cm³/mol. The number of hydrogen-bond donors (Lipinski definition) is 4. The van der Waals surface area contributed by atoms with Gasteiger partial charge in [0.2, 0.25) is 11.8 Å². The summed E-state index contributed by atoms with van der Waals surface area (Å²) in [5.74, 6) is 0.265. The number of aldehydes is 1. The first-order chi connectivity index (χ1) is 16.8. The van der Waals surface area contributed by atoms with Crippen LogP contribution in [0.5, 0.6) is 5.75 Å². The van der Waals surface area contributed by atoms with Gasteiger partial charge >= 0.3 is 6.03 Å². The fraction of sp³-hybridized carbons (Fsp3) is 0.583. The average Bonchev–Trinajstić information content (AvgIpc) is 3.25. The third kappa shape index (κ3) is 8.52. The monoisotopic (exact) mass is 490 g/mol. The molecule has 194 valence electrons. The van der Waals surface area contributed by atoms with Crippen molar-refractivity contribution in [3.63, 3.8) is 0 Å². The van der Waals surface area contributed by atoms with Crippen molar-refractivity contribution in [2.24, 2.45) is 11.5 Å². The second-order valence-corrected chi connectivity index (χ2v) is 8.68. The lowest BCUT2D eigenvalue weighted by Crippen LogP contribution is -2.51. The van der Waals surface area contributed by atoms with E-state index in [1.807, 2.05) is 24.1 Å². The van der Waals surface area contributed by atoms with Gasteiger partial charge in [0.15, 0.2) is 0 Å². The maximum Gasteiger partial charge on any atom is 0.317 e. The number of amides is 4. The highest BCUT2D eigenvalue weighted by Crippen LogP contribution is 2.25. The first kappa shape index (κ1) is 28.1. The Hall–Kier alpha value is -3.18. The number of nitrogens with one attached hydrogen (secondary N) is 2. The molecule has 3 rings (SSSR count). The van der Waals surface area contributed by atoms with Crippen molar-refractivity contribution in [2.75, 3.05) is 40.3 Å². The van der Waals surface area contributed by atoms with Crippen molar-refractivity contribution in [1.82, 2.24) is 20.4 Å². The molecule has 1 saturated heterocycles. The van der Waals surface area contributed by atoms with Crippen LogP contribution in [-0.4, -0.2) is 92.4 Å². The summed E-state index contributed by atoms with van der Waals surface area (Å²) in [6.07, 6.45) is 5.05. The number of ether oxygens (including phenoxy) is 1. The minimum Gasteiger partial charge on any atom is -0.493 e. The normalized spacial score (nSPS) is 19.7. The number of hydrogen-bond acceptors (Lipinski definition) is 7. The van der Waals surface area contributed by atoms with Gasteiger partial charge in [0, 0.05) is 26.2 Å². The van der Waals surface area contributed by atoms with E-state index in [1.165, 1.54) is 23.9 Å². The number of benzene rings is 1. The summed E-state index contributed by atoms with van der Waals surface area (Å²) >= 11 is 0. The molecule has 0 bridgehead atoms. The molecule has 4 amide bonds. The number of primary amides is 1. The zero-order valence-corrected chi connectivity index (χ0v) is 20.6. The number of likely N-dealkylation sites (tertiary alicyclic amines) is 1. The third-order valence-corrected chi connectivity index (χ3v) is 6.34. The smallest absolute Gasteiger partial charge is 0.317 e. The zero-order valence-electron chi connectivity index (χ0n) is 20.6. The van der Waals surface area contributed by atoms with Gasteiger partial charge in [0.25, 0.3) is 0 Å². The minimum atomic E-state index is -0.826. The van der Waals surface area contributed by atoms with E-state index in [1.54, 1.807) is 0 Å². The van der Waals surface area contributed by atoms with Crippen LogP contribution in [0.15, 0.2) is 24.3 Å². The van der Waals surface area contributed by atoms with Crippen LogP contribution >= 0.6 is 0 Å². The molecule has 0 saturated carbocycles. The number of likely N-dealkylation sites (N-methyl/N-ethyl adjacent to an activating group) is 1. The van der Waals surface area contributed by atoms with Crippen LogP contribution in [0.3, 0.4) is 0 Å². The topological polar surface area (TPSA) is 160 Å². The van der Waals surface area contributed by atoms with E-state index in [0.29, 0.717) is 25.7 Å². The Labute approximate surface area is 206 Å². The van der Waals surface area contributed by atoms with Crippen LogP contribution in [0, 0.1) is 0 Å². The van der Waals surface area contributed by atoms with Crippen molar-refractivity contribution in [3.05, 3.63) is 29.8 Å². The SMILES string of the molecule is CNC(=O)N(CCC1CCC(C(N)=O)N1C)CC(C=O)NC(=O)CN.c1ccc2c(c1)CCCO2. The fourth-order valence-corrected chi connectivity index (χ4v) is 4.36. The molecule has 35 heavy (non-hydrogen) atoms. The van der Waals surface area contributed by atoms with Gasteiger partial charge in [-0.25, -0.2) is 4.79 Å². The Kier molecular flexibility index (Phi) is 11.4. The van der Waals surface area contributed by atoms with Crippen molar-refractivity contribution >= 4 is 24.1 Å². The molecule has 0 aliphatic carbocycles. The van der Waals surface area contributed by atoms with Gasteiger partial charge in [-0.2, -0.15) is 0 Å². The highest BCUT2D eigenvalue weighted by molar-refractivity contribution is 5.82. The van der Waals surface area contributed by atoms with Crippen LogP contribution in [0.4, 0.5) is 4.79 Å². The van der Waals surface area contributed by atoms with Crippen molar-refractivity contribution in [1.29, 1.82) is 0 Å². The lowest BCUT2D eigenvalue weighted by molar-refractivity contribution is -0.123.